The van der Waals surface area contributed by atoms with Crippen LogP contribution in [0.3, 0.4) is 0 Å². The maximum absolute atomic E-state index is 11.6. The van der Waals surface area contributed by atoms with Crippen molar-refractivity contribution in [2.75, 3.05) is 33.3 Å². The van der Waals surface area contributed by atoms with Gasteiger partial charge >= 0.3 is 0 Å². The maximum Gasteiger partial charge on any atom is 0.240 e. The Labute approximate surface area is 193 Å². The summed E-state index contributed by atoms with van der Waals surface area (Å²) in [5.74, 6) is 1.22. The number of carbonyl (C=O) groups is 1. The molecule has 2 fully saturated rings. The molecule has 1 saturated carbocycles. The molecule has 2 N–H and O–H groups in total. The van der Waals surface area contributed by atoms with Gasteiger partial charge in [0.15, 0.2) is 0 Å². The lowest BCUT2D eigenvalue weighted by Crippen LogP contribution is -2.47. The van der Waals surface area contributed by atoms with E-state index in [1.165, 1.54) is 44.9 Å². The van der Waals surface area contributed by atoms with Gasteiger partial charge < -0.3 is 15.4 Å². The van der Waals surface area contributed by atoms with E-state index in [4.69, 9.17) is 20.4 Å². The van der Waals surface area contributed by atoms with Crippen molar-refractivity contribution in [3.63, 3.8) is 0 Å². The second kappa shape index (κ2) is 11.8. The van der Waals surface area contributed by atoms with Gasteiger partial charge in [-0.1, -0.05) is 32.1 Å². The van der Waals surface area contributed by atoms with Crippen LogP contribution in [0.25, 0.3) is 0 Å². The van der Waals surface area contributed by atoms with Crippen LogP contribution >= 0.6 is 0 Å². The number of carbonyl (C=O) groups excluding carboxylic acids is 1. The number of aliphatic imine (C=N–C) groups is 1. The van der Waals surface area contributed by atoms with Crippen LogP contribution in [0.5, 0.6) is 5.88 Å². The highest BCUT2D eigenvalue weighted by Gasteiger charge is 2.23. The third-order valence-corrected chi connectivity index (χ3v) is 7.03. The van der Waals surface area contributed by atoms with Gasteiger partial charge in [0.05, 0.1) is 12.8 Å². The van der Waals surface area contributed by atoms with Crippen LogP contribution in [-0.2, 0) is 11.3 Å². The lowest BCUT2D eigenvalue weighted by atomic mass is 9.84. The average molecular weight is 444 g/mol. The van der Waals surface area contributed by atoms with E-state index in [0.717, 1.165) is 55.4 Å². The van der Waals surface area contributed by atoms with Crippen molar-refractivity contribution in [1.82, 2.24) is 14.8 Å². The molecule has 0 aromatic carbocycles. The second-order valence-corrected chi connectivity index (χ2v) is 9.45. The van der Waals surface area contributed by atoms with Crippen molar-refractivity contribution in [3.8, 4) is 5.88 Å². The molecule has 1 amide bonds. The number of methoxy groups -OCH3 is 1. The molecule has 1 aromatic heterocycles. The van der Waals surface area contributed by atoms with Gasteiger partial charge in [-0.05, 0) is 44.2 Å². The van der Waals surface area contributed by atoms with E-state index in [-0.39, 0.29) is 11.9 Å². The zero-order valence-electron chi connectivity index (χ0n) is 20.4. The van der Waals surface area contributed by atoms with Crippen molar-refractivity contribution in [2.45, 2.75) is 78.3 Å². The monoisotopic (exact) mass is 443 g/mol. The number of pyridine rings is 1. The van der Waals surface area contributed by atoms with Crippen LogP contribution in [-0.4, -0.2) is 65.7 Å². The second-order valence-electron chi connectivity index (χ2n) is 9.45. The zero-order valence-corrected chi connectivity index (χ0v) is 20.4. The summed E-state index contributed by atoms with van der Waals surface area (Å²) in [5.41, 5.74) is 10.4. The summed E-state index contributed by atoms with van der Waals surface area (Å²) in [6, 6.07) is 2.09. The van der Waals surface area contributed by atoms with Crippen molar-refractivity contribution >= 4 is 17.3 Å². The summed E-state index contributed by atoms with van der Waals surface area (Å²) in [6.45, 7) is 9.75. The largest absolute Gasteiger partial charge is 0.479 e. The van der Waals surface area contributed by atoms with Crippen LogP contribution in [0.2, 0.25) is 0 Å². The predicted molar refractivity (Wildman–Crippen MR) is 130 cm³/mol. The van der Waals surface area contributed by atoms with Crippen LogP contribution in [0, 0.1) is 12.8 Å². The molecule has 1 aromatic rings. The number of nitrogens with two attached hydrogens (primary N) is 1. The molecule has 1 unspecified atom stereocenters. The third kappa shape index (κ3) is 6.51. The summed E-state index contributed by atoms with van der Waals surface area (Å²) < 4.78 is 5.64. The van der Waals surface area contributed by atoms with E-state index in [1.807, 2.05) is 11.8 Å². The minimum absolute atomic E-state index is 0.0190. The molecule has 3 rings (SSSR count). The Bertz CT molecular complexity index is 794. The highest BCUT2D eigenvalue weighted by atomic mass is 16.5. The van der Waals surface area contributed by atoms with E-state index in [0.29, 0.717) is 11.8 Å². The van der Waals surface area contributed by atoms with Crippen LogP contribution in [0.15, 0.2) is 11.1 Å². The SMILES string of the molecule is COc1nc(CN2CCN(C(C)=O)CC2)cc(C)c1N=C(C)C(N)C1CCCCCCC1. The average Bonchev–Trinajstić information content (AvgIpc) is 2.75. The molecule has 2 heterocycles. The number of piperazine rings is 1. The lowest BCUT2D eigenvalue weighted by Gasteiger charge is -2.34. The first-order valence-electron chi connectivity index (χ1n) is 12.2. The molecular weight excluding hydrogens is 402 g/mol. The van der Waals surface area contributed by atoms with E-state index in [1.54, 1.807) is 14.0 Å². The van der Waals surface area contributed by atoms with Gasteiger partial charge in [0.2, 0.25) is 11.8 Å². The molecule has 178 valence electrons. The minimum Gasteiger partial charge on any atom is -0.479 e. The molecule has 1 aliphatic heterocycles. The third-order valence-electron chi connectivity index (χ3n) is 7.03. The summed E-state index contributed by atoms with van der Waals surface area (Å²) in [6.07, 6.45) is 8.92. The standard InChI is InChI=1S/C25H41N5O2/c1-18-16-22(17-29-12-14-30(15-13-29)20(3)31)28-25(32-4)24(18)27-19(2)23(26)21-10-8-6-5-7-9-11-21/h16,21,23H,5-15,17,26H2,1-4H3. The molecule has 0 radical (unpaired) electrons. The fourth-order valence-electron chi connectivity index (χ4n) is 4.95. The van der Waals surface area contributed by atoms with Crippen molar-refractivity contribution in [2.24, 2.45) is 16.6 Å². The first-order chi connectivity index (χ1) is 15.4. The van der Waals surface area contributed by atoms with E-state index < -0.39 is 0 Å². The molecule has 32 heavy (non-hydrogen) atoms. The predicted octanol–water partition coefficient (Wildman–Crippen LogP) is 3.84. The Morgan fingerprint density at radius 1 is 1.16 bits per heavy atom. The summed E-state index contributed by atoms with van der Waals surface area (Å²) in [4.78, 5) is 25.5. The van der Waals surface area contributed by atoms with Gasteiger partial charge in [0.25, 0.3) is 0 Å². The van der Waals surface area contributed by atoms with Crippen LogP contribution < -0.4 is 10.5 Å². The van der Waals surface area contributed by atoms with Gasteiger partial charge in [-0.15, -0.1) is 0 Å². The summed E-state index contributed by atoms with van der Waals surface area (Å²) >= 11 is 0. The summed E-state index contributed by atoms with van der Waals surface area (Å²) in [7, 11) is 1.65. The maximum atomic E-state index is 11.6. The number of amides is 1. The van der Waals surface area contributed by atoms with Crippen molar-refractivity contribution in [3.05, 3.63) is 17.3 Å². The smallest absolute Gasteiger partial charge is 0.240 e. The number of rotatable bonds is 6. The van der Waals surface area contributed by atoms with Crippen LogP contribution in [0.1, 0.15) is 70.1 Å². The molecule has 7 nitrogen and oxygen atoms in total. The fourth-order valence-corrected chi connectivity index (χ4v) is 4.95. The molecular formula is C25H41N5O2. The van der Waals surface area contributed by atoms with E-state index >= 15 is 0 Å². The Balaban J connectivity index is 1.70. The molecule has 0 spiro atoms. The first-order valence-corrected chi connectivity index (χ1v) is 12.2. The van der Waals surface area contributed by atoms with Crippen molar-refractivity contribution in [1.29, 1.82) is 0 Å². The highest BCUT2D eigenvalue weighted by Crippen LogP contribution is 2.32. The molecule has 2 aliphatic rings. The van der Waals surface area contributed by atoms with E-state index in [2.05, 4.69) is 17.9 Å². The molecule has 0 bridgehead atoms. The molecule has 1 atom stereocenters. The van der Waals surface area contributed by atoms with Gasteiger partial charge in [0, 0.05) is 51.4 Å². The quantitative estimate of drug-likeness (QED) is 0.675. The Morgan fingerprint density at radius 3 is 2.38 bits per heavy atom. The van der Waals surface area contributed by atoms with Gasteiger partial charge in [0.1, 0.15) is 5.69 Å². The Hall–Kier alpha value is -1.99. The van der Waals surface area contributed by atoms with Crippen LogP contribution in [0.4, 0.5) is 5.69 Å². The number of nitrogens with zero attached hydrogens (tertiary/aromatic N) is 4. The molecule has 1 saturated heterocycles. The number of ether oxygens (including phenoxy) is 1. The Kier molecular flexibility index (Phi) is 9.05. The van der Waals surface area contributed by atoms with Gasteiger partial charge in [-0.2, -0.15) is 0 Å². The van der Waals surface area contributed by atoms with Gasteiger partial charge in [-0.25, -0.2) is 4.98 Å². The normalized spacial score (nSPS) is 20.5. The Morgan fingerprint density at radius 2 is 1.78 bits per heavy atom. The number of hydrogen-bond acceptors (Lipinski definition) is 6. The van der Waals surface area contributed by atoms with Gasteiger partial charge in [-0.3, -0.25) is 14.7 Å². The number of aryl methyl sites for hydroxylation is 1. The van der Waals surface area contributed by atoms with E-state index in [9.17, 15) is 4.79 Å². The first kappa shape index (κ1) is 24.6. The lowest BCUT2D eigenvalue weighted by molar-refractivity contribution is -0.130. The highest BCUT2D eigenvalue weighted by molar-refractivity contribution is 5.90. The zero-order chi connectivity index (χ0) is 23.1. The topological polar surface area (TPSA) is 84.0 Å². The minimum atomic E-state index is -0.0190. The van der Waals surface area contributed by atoms with Crippen molar-refractivity contribution < 1.29 is 9.53 Å². The summed E-state index contributed by atoms with van der Waals surface area (Å²) in [5, 5.41) is 0. The molecule has 7 heteroatoms. The number of hydrogen-bond donors (Lipinski definition) is 1. The molecule has 1 aliphatic carbocycles. The number of aromatic nitrogens is 1. The fraction of sp³-hybridized carbons (Fsp3) is 0.720.